The molecule has 1 aliphatic rings. The molecular weight excluding hydrogens is 196 g/mol. The third-order valence-corrected chi connectivity index (χ3v) is 3.20. The lowest BCUT2D eigenvalue weighted by Crippen LogP contribution is -2.14. The first-order chi connectivity index (χ1) is 6.85. The van der Waals surface area contributed by atoms with Crippen molar-refractivity contribution < 1.29 is 0 Å². The molecule has 0 aromatic carbocycles. The monoisotopic (exact) mass is 206 g/mol. The molecule has 0 aliphatic carbocycles. The first kappa shape index (κ1) is 9.31. The maximum absolute atomic E-state index is 8.86. The van der Waals surface area contributed by atoms with E-state index in [-0.39, 0.29) is 0 Å². The molecule has 0 bridgehead atoms. The number of thioether (sulfide) groups is 1. The van der Waals surface area contributed by atoms with Gasteiger partial charge in [0.05, 0.1) is 5.56 Å². The van der Waals surface area contributed by atoms with Crippen LogP contribution in [-0.4, -0.2) is 10.7 Å². The van der Waals surface area contributed by atoms with Crippen molar-refractivity contribution in [3.05, 3.63) is 22.9 Å². The SMILES string of the molecule is N#Cc1cc2c(nc1NN)CCSC2. The van der Waals surface area contributed by atoms with Gasteiger partial charge >= 0.3 is 0 Å². The van der Waals surface area contributed by atoms with Crippen molar-refractivity contribution in [3.63, 3.8) is 0 Å². The number of fused-ring (bicyclic) bond motifs is 1. The number of aromatic nitrogens is 1. The number of aryl methyl sites for hydroxylation is 1. The minimum atomic E-state index is 0.484. The van der Waals surface area contributed by atoms with E-state index in [9.17, 15) is 0 Å². The Balaban J connectivity index is 2.50. The van der Waals surface area contributed by atoms with Gasteiger partial charge in [-0.15, -0.1) is 0 Å². The molecule has 0 saturated heterocycles. The molecule has 3 N–H and O–H groups in total. The van der Waals surface area contributed by atoms with Gasteiger partial charge in [-0.3, -0.25) is 0 Å². The van der Waals surface area contributed by atoms with Gasteiger partial charge in [-0.2, -0.15) is 17.0 Å². The molecule has 1 aromatic heterocycles. The minimum Gasteiger partial charge on any atom is -0.307 e. The van der Waals surface area contributed by atoms with Gasteiger partial charge in [0.25, 0.3) is 0 Å². The van der Waals surface area contributed by atoms with Gasteiger partial charge in [0, 0.05) is 11.4 Å². The number of nitrogens with one attached hydrogen (secondary N) is 1. The molecule has 1 aromatic rings. The Hall–Kier alpha value is -1.25. The van der Waals surface area contributed by atoms with Gasteiger partial charge in [-0.1, -0.05) is 0 Å². The van der Waals surface area contributed by atoms with Crippen LogP contribution in [0.5, 0.6) is 0 Å². The fourth-order valence-electron chi connectivity index (χ4n) is 1.48. The van der Waals surface area contributed by atoms with Crippen LogP contribution < -0.4 is 11.3 Å². The molecule has 72 valence electrons. The van der Waals surface area contributed by atoms with Crippen LogP contribution in [0.2, 0.25) is 0 Å². The highest BCUT2D eigenvalue weighted by Gasteiger charge is 2.14. The summed E-state index contributed by atoms with van der Waals surface area (Å²) in [5.74, 6) is 7.81. The standard InChI is InChI=1S/C9H10N4S/c10-4-6-3-7-5-14-2-1-8(7)12-9(6)13-11/h3H,1-2,5,11H2,(H,12,13). The van der Waals surface area contributed by atoms with E-state index in [1.807, 2.05) is 17.8 Å². The lowest BCUT2D eigenvalue weighted by Gasteiger charge is -2.15. The van der Waals surface area contributed by atoms with E-state index in [0.717, 1.165) is 29.2 Å². The molecule has 14 heavy (non-hydrogen) atoms. The summed E-state index contributed by atoms with van der Waals surface area (Å²) in [5.41, 5.74) is 5.21. The molecule has 0 saturated carbocycles. The molecule has 1 aliphatic heterocycles. The number of rotatable bonds is 1. The van der Waals surface area contributed by atoms with E-state index in [0.29, 0.717) is 11.4 Å². The number of anilines is 1. The summed E-state index contributed by atoms with van der Waals surface area (Å²) in [6.07, 6.45) is 0.959. The number of hydrogen-bond donors (Lipinski definition) is 2. The Bertz CT molecular complexity index is 397. The number of hydrogen-bond acceptors (Lipinski definition) is 5. The lowest BCUT2D eigenvalue weighted by atomic mass is 10.1. The van der Waals surface area contributed by atoms with Gasteiger partial charge in [-0.25, -0.2) is 10.8 Å². The van der Waals surface area contributed by atoms with E-state index in [1.54, 1.807) is 0 Å². The second-order valence-electron chi connectivity index (χ2n) is 3.05. The van der Waals surface area contributed by atoms with Gasteiger partial charge in [0.2, 0.25) is 0 Å². The Labute approximate surface area is 86.5 Å². The van der Waals surface area contributed by atoms with Crippen LogP contribution in [0.4, 0.5) is 5.82 Å². The predicted octanol–water partition coefficient (Wildman–Crippen LogP) is 1.03. The van der Waals surface area contributed by atoms with Gasteiger partial charge in [0.15, 0.2) is 5.82 Å². The summed E-state index contributed by atoms with van der Waals surface area (Å²) in [5, 5.41) is 8.86. The Kier molecular flexibility index (Phi) is 2.57. The van der Waals surface area contributed by atoms with E-state index in [4.69, 9.17) is 11.1 Å². The van der Waals surface area contributed by atoms with Crippen LogP contribution in [0.1, 0.15) is 16.8 Å². The zero-order valence-corrected chi connectivity index (χ0v) is 8.40. The van der Waals surface area contributed by atoms with Crippen molar-refractivity contribution in [1.82, 2.24) is 4.98 Å². The molecule has 0 spiro atoms. The van der Waals surface area contributed by atoms with Crippen molar-refractivity contribution in [2.45, 2.75) is 12.2 Å². The number of nitrogens with two attached hydrogens (primary N) is 1. The molecule has 0 atom stereocenters. The van der Waals surface area contributed by atoms with Crippen LogP contribution in [0.3, 0.4) is 0 Å². The zero-order chi connectivity index (χ0) is 9.97. The number of nitrogen functional groups attached to an aromatic ring is 1. The van der Waals surface area contributed by atoms with Crippen LogP contribution in [0.25, 0.3) is 0 Å². The molecule has 4 nitrogen and oxygen atoms in total. The number of hydrazine groups is 1. The summed E-state index contributed by atoms with van der Waals surface area (Å²) >= 11 is 1.87. The maximum atomic E-state index is 8.86. The molecule has 0 unspecified atom stereocenters. The highest BCUT2D eigenvalue weighted by Crippen LogP contribution is 2.26. The lowest BCUT2D eigenvalue weighted by molar-refractivity contribution is 0.984. The number of nitrogens with zero attached hydrogens (tertiary/aromatic N) is 2. The first-order valence-corrected chi connectivity index (χ1v) is 5.48. The average Bonchev–Trinajstić information content (AvgIpc) is 2.27. The number of pyridine rings is 1. The Morgan fingerprint density at radius 3 is 3.21 bits per heavy atom. The largest absolute Gasteiger partial charge is 0.307 e. The fourth-order valence-corrected chi connectivity index (χ4v) is 2.43. The normalized spacial score (nSPS) is 14.3. The second-order valence-corrected chi connectivity index (χ2v) is 4.15. The molecule has 0 radical (unpaired) electrons. The Morgan fingerprint density at radius 2 is 2.50 bits per heavy atom. The van der Waals surface area contributed by atoms with E-state index in [1.165, 1.54) is 0 Å². The second kappa shape index (κ2) is 3.86. The smallest absolute Gasteiger partial charge is 0.158 e. The predicted molar refractivity (Wildman–Crippen MR) is 56.6 cm³/mol. The van der Waals surface area contributed by atoms with Crippen LogP contribution in [-0.2, 0) is 12.2 Å². The summed E-state index contributed by atoms with van der Waals surface area (Å²) in [6.45, 7) is 0. The van der Waals surface area contributed by atoms with Gasteiger partial charge < -0.3 is 5.43 Å². The minimum absolute atomic E-state index is 0.484. The van der Waals surface area contributed by atoms with Crippen molar-refractivity contribution >= 4 is 17.6 Å². The van der Waals surface area contributed by atoms with Crippen molar-refractivity contribution in [3.8, 4) is 6.07 Å². The van der Waals surface area contributed by atoms with Crippen molar-refractivity contribution in [1.29, 1.82) is 5.26 Å². The first-order valence-electron chi connectivity index (χ1n) is 4.32. The summed E-state index contributed by atoms with van der Waals surface area (Å²) in [6, 6.07) is 3.96. The topological polar surface area (TPSA) is 74.7 Å². The van der Waals surface area contributed by atoms with Crippen LogP contribution in [0, 0.1) is 11.3 Å². The molecular formula is C9H10N4S. The molecule has 0 amide bonds. The third-order valence-electron chi connectivity index (χ3n) is 2.19. The highest BCUT2D eigenvalue weighted by atomic mass is 32.2. The third kappa shape index (κ3) is 1.54. The van der Waals surface area contributed by atoms with E-state index < -0.39 is 0 Å². The van der Waals surface area contributed by atoms with Crippen LogP contribution >= 0.6 is 11.8 Å². The van der Waals surface area contributed by atoms with E-state index >= 15 is 0 Å². The maximum Gasteiger partial charge on any atom is 0.158 e. The quantitative estimate of drug-likeness (QED) is 0.530. The van der Waals surface area contributed by atoms with Crippen LogP contribution in [0.15, 0.2) is 6.07 Å². The summed E-state index contributed by atoms with van der Waals surface area (Å²) < 4.78 is 0. The molecule has 2 rings (SSSR count). The van der Waals surface area contributed by atoms with E-state index in [2.05, 4.69) is 16.5 Å². The highest BCUT2D eigenvalue weighted by molar-refractivity contribution is 7.98. The molecule has 2 heterocycles. The molecule has 5 heteroatoms. The summed E-state index contributed by atoms with van der Waals surface area (Å²) in [4.78, 5) is 4.33. The average molecular weight is 206 g/mol. The van der Waals surface area contributed by atoms with Gasteiger partial charge in [-0.05, 0) is 23.8 Å². The fraction of sp³-hybridized carbons (Fsp3) is 0.333. The van der Waals surface area contributed by atoms with Gasteiger partial charge in [0.1, 0.15) is 6.07 Å². The zero-order valence-electron chi connectivity index (χ0n) is 7.58. The summed E-state index contributed by atoms with van der Waals surface area (Å²) in [7, 11) is 0. The number of nitriles is 1. The van der Waals surface area contributed by atoms with Crippen molar-refractivity contribution in [2.24, 2.45) is 5.84 Å². The Morgan fingerprint density at radius 1 is 1.64 bits per heavy atom. The van der Waals surface area contributed by atoms with Crippen molar-refractivity contribution in [2.75, 3.05) is 11.2 Å². The molecule has 0 fully saturated rings.